The lowest BCUT2D eigenvalue weighted by atomic mass is 10.1. The second-order valence-corrected chi connectivity index (χ2v) is 7.03. The van der Waals surface area contributed by atoms with Crippen molar-refractivity contribution in [3.63, 3.8) is 0 Å². The van der Waals surface area contributed by atoms with Crippen molar-refractivity contribution in [2.24, 2.45) is 5.10 Å². The van der Waals surface area contributed by atoms with E-state index in [2.05, 4.69) is 10.5 Å². The predicted molar refractivity (Wildman–Crippen MR) is 110 cm³/mol. The number of rotatable bonds is 6. The van der Waals surface area contributed by atoms with Crippen LogP contribution in [-0.2, 0) is 9.59 Å². The summed E-state index contributed by atoms with van der Waals surface area (Å²) in [5.74, 6) is 0.373. The Bertz CT molecular complexity index is 910. The van der Waals surface area contributed by atoms with Crippen LogP contribution in [0.3, 0.4) is 0 Å². The maximum absolute atomic E-state index is 12.0. The van der Waals surface area contributed by atoms with Crippen LogP contribution < -0.4 is 15.1 Å². The second kappa shape index (κ2) is 8.89. The van der Waals surface area contributed by atoms with Gasteiger partial charge in [0.25, 0.3) is 5.91 Å². The number of anilines is 1. The maximum atomic E-state index is 12.0. The molecule has 1 heterocycles. The maximum Gasteiger partial charge on any atom is 0.277 e. The summed E-state index contributed by atoms with van der Waals surface area (Å²) < 4.78 is 5.45. The van der Waals surface area contributed by atoms with Crippen LogP contribution in [0.1, 0.15) is 30.9 Å². The molecule has 0 atom stereocenters. The van der Waals surface area contributed by atoms with Gasteiger partial charge < -0.3 is 9.64 Å². The van der Waals surface area contributed by atoms with E-state index in [-0.39, 0.29) is 18.4 Å². The van der Waals surface area contributed by atoms with Crippen molar-refractivity contribution in [1.82, 2.24) is 5.43 Å². The fraction of sp³-hybridized carbons (Fsp3) is 0.286. The molecule has 0 bridgehead atoms. The molecule has 2 aromatic carbocycles. The van der Waals surface area contributed by atoms with E-state index in [0.717, 1.165) is 29.8 Å². The standard InChI is InChI=1S/C21H22ClN3O3/c1-14-12-18(9-10-19(14)22)28-13-20(26)24-23-15(2)16-5-7-17(8-6-16)25-11-3-4-21(25)27/h5-10,12H,3-4,11,13H2,1-2H3,(H,24,26)/b23-15-. The molecule has 1 N–H and O–H groups in total. The van der Waals surface area contributed by atoms with Crippen LogP contribution in [0, 0.1) is 6.92 Å². The quantitative estimate of drug-likeness (QED) is 0.594. The fourth-order valence-corrected chi connectivity index (χ4v) is 3.02. The minimum absolute atomic E-state index is 0.145. The molecule has 0 spiro atoms. The van der Waals surface area contributed by atoms with Crippen molar-refractivity contribution in [2.75, 3.05) is 18.1 Å². The zero-order chi connectivity index (χ0) is 20.1. The number of nitrogens with one attached hydrogen (secondary N) is 1. The third-order valence-electron chi connectivity index (χ3n) is 4.52. The van der Waals surface area contributed by atoms with E-state index in [9.17, 15) is 9.59 Å². The van der Waals surface area contributed by atoms with E-state index in [1.807, 2.05) is 31.2 Å². The van der Waals surface area contributed by atoms with Gasteiger partial charge in [-0.05, 0) is 61.7 Å². The van der Waals surface area contributed by atoms with E-state index in [4.69, 9.17) is 16.3 Å². The molecule has 0 unspecified atom stereocenters. The SMILES string of the molecule is C/C(=N/NC(=O)COc1ccc(Cl)c(C)c1)c1ccc(N2CCCC2=O)cc1. The van der Waals surface area contributed by atoms with Gasteiger partial charge in [0.05, 0.1) is 5.71 Å². The number of aryl methyl sites for hydroxylation is 1. The zero-order valence-electron chi connectivity index (χ0n) is 15.9. The summed E-state index contributed by atoms with van der Waals surface area (Å²) in [6, 6.07) is 12.8. The third kappa shape index (κ3) is 4.89. The molecule has 1 saturated heterocycles. The second-order valence-electron chi connectivity index (χ2n) is 6.63. The first-order valence-corrected chi connectivity index (χ1v) is 9.45. The van der Waals surface area contributed by atoms with Gasteiger partial charge in [-0.2, -0.15) is 5.10 Å². The Morgan fingerprint density at radius 1 is 1.25 bits per heavy atom. The summed E-state index contributed by atoms with van der Waals surface area (Å²) in [5.41, 5.74) is 5.78. The summed E-state index contributed by atoms with van der Waals surface area (Å²) in [7, 11) is 0. The predicted octanol–water partition coefficient (Wildman–Crippen LogP) is 3.69. The molecule has 1 fully saturated rings. The van der Waals surface area contributed by atoms with Gasteiger partial charge in [-0.25, -0.2) is 5.43 Å². The molecule has 1 aliphatic rings. The van der Waals surface area contributed by atoms with Crippen molar-refractivity contribution < 1.29 is 14.3 Å². The lowest BCUT2D eigenvalue weighted by molar-refractivity contribution is -0.123. The van der Waals surface area contributed by atoms with E-state index >= 15 is 0 Å². The number of hydrogen-bond donors (Lipinski definition) is 1. The summed E-state index contributed by atoms with van der Waals surface area (Å²) >= 11 is 5.97. The number of nitrogens with zero attached hydrogens (tertiary/aromatic N) is 2. The molecular weight excluding hydrogens is 378 g/mol. The molecule has 6 nitrogen and oxygen atoms in total. The van der Waals surface area contributed by atoms with Gasteiger partial charge in [-0.3, -0.25) is 9.59 Å². The molecule has 146 valence electrons. The first-order chi connectivity index (χ1) is 13.4. The van der Waals surface area contributed by atoms with Crippen LogP contribution in [0.5, 0.6) is 5.75 Å². The van der Waals surface area contributed by atoms with Crippen molar-refractivity contribution >= 4 is 34.8 Å². The topological polar surface area (TPSA) is 71.0 Å². The Kier molecular flexibility index (Phi) is 6.31. The number of ether oxygens (including phenoxy) is 1. The van der Waals surface area contributed by atoms with E-state index in [1.54, 1.807) is 30.0 Å². The summed E-state index contributed by atoms with van der Waals surface area (Å²) in [5, 5.41) is 4.77. The van der Waals surface area contributed by atoms with Gasteiger partial charge in [0.2, 0.25) is 5.91 Å². The molecule has 28 heavy (non-hydrogen) atoms. The highest BCUT2D eigenvalue weighted by atomic mass is 35.5. The normalized spacial score (nSPS) is 14.3. The minimum atomic E-state index is -0.355. The van der Waals surface area contributed by atoms with Crippen molar-refractivity contribution in [3.05, 3.63) is 58.6 Å². The van der Waals surface area contributed by atoms with Gasteiger partial charge in [0.1, 0.15) is 5.75 Å². The van der Waals surface area contributed by atoms with E-state index in [1.165, 1.54) is 0 Å². The summed E-state index contributed by atoms with van der Waals surface area (Å²) in [6.07, 6.45) is 1.50. The molecule has 1 aliphatic heterocycles. The average Bonchev–Trinajstić information content (AvgIpc) is 3.13. The summed E-state index contributed by atoms with van der Waals surface area (Å²) in [6.45, 7) is 4.29. The molecule has 0 aliphatic carbocycles. The van der Waals surface area contributed by atoms with Crippen LogP contribution >= 0.6 is 11.6 Å². The number of amides is 2. The Morgan fingerprint density at radius 2 is 2.00 bits per heavy atom. The van der Waals surface area contributed by atoms with Crippen LogP contribution in [0.15, 0.2) is 47.6 Å². The first kappa shape index (κ1) is 19.9. The number of halogens is 1. The number of hydrazone groups is 1. The Labute approximate surface area is 169 Å². The van der Waals surface area contributed by atoms with Gasteiger partial charge >= 0.3 is 0 Å². The van der Waals surface area contributed by atoms with Crippen LogP contribution in [-0.4, -0.2) is 30.7 Å². The largest absolute Gasteiger partial charge is 0.484 e. The van der Waals surface area contributed by atoms with E-state index in [0.29, 0.717) is 22.9 Å². The molecule has 0 radical (unpaired) electrons. The lowest BCUT2D eigenvalue weighted by Crippen LogP contribution is -2.25. The smallest absolute Gasteiger partial charge is 0.277 e. The third-order valence-corrected chi connectivity index (χ3v) is 4.94. The highest BCUT2D eigenvalue weighted by Gasteiger charge is 2.21. The Hall–Kier alpha value is -2.86. The van der Waals surface area contributed by atoms with Crippen LogP contribution in [0.2, 0.25) is 5.02 Å². The molecule has 3 rings (SSSR count). The van der Waals surface area contributed by atoms with Crippen molar-refractivity contribution in [3.8, 4) is 5.75 Å². The molecule has 2 amide bonds. The molecule has 0 aromatic heterocycles. The number of carbonyl (C=O) groups is 2. The van der Waals surface area contributed by atoms with Gasteiger partial charge in [0.15, 0.2) is 6.61 Å². The number of carbonyl (C=O) groups excluding carboxylic acids is 2. The molecule has 7 heteroatoms. The monoisotopic (exact) mass is 399 g/mol. The fourth-order valence-electron chi connectivity index (χ4n) is 2.90. The van der Waals surface area contributed by atoms with Gasteiger partial charge in [-0.15, -0.1) is 0 Å². The number of hydrogen-bond acceptors (Lipinski definition) is 4. The highest BCUT2D eigenvalue weighted by Crippen LogP contribution is 2.22. The van der Waals surface area contributed by atoms with Gasteiger partial charge in [0, 0.05) is 23.7 Å². The average molecular weight is 400 g/mol. The lowest BCUT2D eigenvalue weighted by Gasteiger charge is -2.15. The Morgan fingerprint density at radius 3 is 2.64 bits per heavy atom. The van der Waals surface area contributed by atoms with E-state index < -0.39 is 0 Å². The van der Waals surface area contributed by atoms with Crippen LogP contribution in [0.4, 0.5) is 5.69 Å². The zero-order valence-corrected chi connectivity index (χ0v) is 16.6. The minimum Gasteiger partial charge on any atom is -0.484 e. The summed E-state index contributed by atoms with van der Waals surface area (Å²) in [4.78, 5) is 25.5. The van der Waals surface area contributed by atoms with Crippen LogP contribution in [0.25, 0.3) is 0 Å². The Balaban J connectivity index is 1.53. The highest BCUT2D eigenvalue weighted by molar-refractivity contribution is 6.31. The first-order valence-electron chi connectivity index (χ1n) is 9.07. The number of benzene rings is 2. The molecular formula is C21H22ClN3O3. The van der Waals surface area contributed by atoms with Crippen molar-refractivity contribution in [1.29, 1.82) is 0 Å². The molecule has 2 aromatic rings. The van der Waals surface area contributed by atoms with Crippen molar-refractivity contribution in [2.45, 2.75) is 26.7 Å². The molecule has 0 saturated carbocycles. The van der Waals surface area contributed by atoms with Gasteiger partial charge in [-0.1, -0.05) is 23.7 Å².